The molecule has 0 aliphatic rings. The van der Waals surface area contributed by atoms with Crippen LogP contribution in [0.1, 0.15) is 52.4 Å². The fourth-order valence-electron chi connectivity index (χ4n) is 2.88. The van der Waals surface area contributed by atoms with Gasteiger partial charge < -0.3 is 42.7 Å². The van der Waals surface area contributed by atoms with Crippen LogP contribution in [-0.4, -0.2) is 81.7 Å². The van der Waals surface area contributed by atoms with Crippen molar-refractivity contribution in [2.24, 2.45) is 17.4 Å². The van der Waals surface area contributed by atoms with Gasteiger partial charge in [0.15, 0.2) is 0 Å². The summed E-state index contributed by atoms with van der Waals surface area (Å²) in [4.78, 5) is 70.9. The number of carboxylic acid groups (broad SMARTS) is 3. The number of amides is 3. The molecule has 194 valence electrons. The van der Waals surface area contributed by atoms with Gasteiger partial charge in [-0.1, -0.05) is 20.3 Å². The lowest BCUT2D eigenvalue weighted by atomic mass is 10.0. The molecule has 0 aromatic heterocycles. The monoisotopic (exact) mass is 489 g/mol. The van der Waals surface area contributed by atoms with Gasteiger partial charge in [-0.05, 0) is 31.7 Å². The Morgan fingerprint density at radius 1 is 0.765 bits per heavy atom. The Balaban J connectivity index is 5.43. The molecule has 4 atom stereocenters. The Morgan fingerprint density at radius 2 is 1.35 bits per heavy atom. The molecule has 0 heterocycles. The molecule has 14 heteroatoms. The maximum atomic E-state index is 12.8. The number of carbonyl (C=O) groups is 6. The molecular formula is C20H35N5O9. The second-order valence-corrected chi connectivity index (χ2v) is 8.11. The number of unbranched alkanes of at least 4 members (excludes halogenated alkanes) is 1. The zero-order chi connectivity index (χ0) is 26.4. The number of nitrogens with two attached hydrogens (primary N) is 2. The first-order valence-electron chi connectivity index (χ1n) is 10.8. The van der Waals surface area contributed by atoms with Gasteiger partial charge in [-0.15, -0.1) is 0 Å². The summed E-state index contributed by atoms with van der Waals surface area (Å²) in [5.74, 6) is -7.29. The molecule has 0 aliphatic heterocycles. The van der Waals surface area contributed by atoms with Crippen molar-refractivity contribution in [3.05, 3.63) is 0 Å². The number of rotatable bonds is 17. The molecule has 0 aliphatic carbocycles. The van der Waals surface area contributed by atoms with Crippen LogP contribution in [-0.2, 0) is 28.8 Å². The lowest BCUT2D eigenvalue weighted by molar-refractivity contribution is -0.147. The Labute approximate surface area is 196 Å². The summed E-state index contributed by atoms with van der Waals surface area (Å²) in [6.07, 6.45) is -0.0979. The van der Waals surface area contributed by atoms with Crippen molar-refractivity contribution in [1.29, 1.82) is 0 Å². The zero-order valence-electron chi connectivity index (χ0n) is 19.3. The summed E-state index contributed by atoms with van der Waals surface area (Å²) < 4.78 is 0. The highest BCUT2D eigenvalue weighted by Crippen LogP contribution is 2.07. The number of carbonyl (C=O) groups excluding carboxylic acids is 3. The Bertz CT molecular complexity index is 744. The summed E-state index contributed by atoms with van der Waals surface area (Å²) in [7, 11) is 0. The topological polar surface area (TPSA) is 251 Å². The third-order valence-corrected chi connectivity index (χ3v) is 4.83. The van der Waals surface area contributed by atoms with Gasteiger partial charge in [0, 0.05) is 6.42 Å². The maximum Gasteiger partial charge on any atom is 0.326 e. The van der Waals surface area contributed by atoms with Crippen LogP contribution in [0.5, 0.6) is 0 Å². The lowest BCUT2D eigenvalue weighted by Crippen LogP contribution is -2.58. The second-order valence-electron chi connectivity index (χ2n) is 8.11. The number of nitrogens with one attached hydrogen (secondary N) is 3. The molecule has 0 aromatic rings. The van der Waals surface area contributed by atoms with E-state index in [-0.39, 0.29) is 6.42 Å². The van der Waals surface area contributed by atoms with Crippen LogP contribution in [0.2, 0.25) is 0 Å². The number of aliphatic carboxylic acids is 3. The van der Waals surface area contributed by atoms with E-state index in [1.165, 1.54) is 0 Å². The highest BCUT2D eigenvalue weighted by atomic mass is 16.4. The summed E-state index contributed by atoms with van der Waals surface area (Å²) in [6, 6.07) is -5.29. The van der Waals surface area contributed by atoms with Gasteiger partial charge in [0.05, 0.1) is 12.5 Å². The summed E-state index contributed by atoms with van der Waals surface area (Å²) >= 11 is 0. The first kappa shape index (κ1) is 30.7. The molecule has 0 fully saturated rings. The number of hydrogen-bond donors (Lipinski definition) is 8. The van der Waals surface area contributed by atoms with Gasteiger partial charge >= 0.3 is 17.9 Å². The first-order chi connectivity index (χ1) is 15.8. The van der Waals surface area contributed by atoms with E-state index in [1.54, 1.807) is 13.8 Å². The van der Waals surface area contributed by atoms with Crippen molar-refractivity contribution in [2.45, 2.75) is 76.5 Å². The smallest absolute Gasteiger partial charge is 0.326 e. The average molecular weight is 490 g/mol. The van der Waals surface area contributed by atoms with E-state index in [2.05, 4.69) is 16.0 Å². The van der Waals surface area contributed by atoms with Crippen molar-refractivity contribution >= 4 is 35.6 Å². The van der Waals surface area contributed by atoms with Crippen molar-refractivity contribution in [2.75, 3.05) is 6.54 Å². The van der Waals surface area contributed by atoms with E-state index in [0.717, 1.165) is 0 Å². The fourth-order valence-corrected chi connectivity index (χ4v) is 2.88. The minimum absolute atomic E-state index is 0.286. The molecule has 0 rings (SSSR count). The molecule has 0 aromatic carbocycles. The predicted octanol–water partition coefficient (Wildman–Crippen LogP) is -2.02. The quantitative estimate of drug-likeness (QED) is 0.103. The zero-order valence-corrected chi connectivity index (χ0v) is 19.3. The van der Waals surface area contributed by atoms with Crippen molar-refractivity contribution < 1.29 is 44.1 Å². The average Bonchev–Trinajstić information content (AvgIpc) is 2.73. The van der Waals surface area contributed by atoms with Crippen molar-refractivity contribution in [3.63, 3.8) is 0 Å². The van der Waals surface area contributed by atoms with Crippen LogP contribution in [0, 0.1) is 5.92 Å². The van der Waals surface area contributed by atoms with Crippen LogP contribution in [0.4, 0.5) is 0 Å². The highest BCUT2D eigenvalue weighted by molar-refractivity contribution is 5.94. The van der Waals surface area contributed by atoms with Crippen LogP contribution >= 0.6 is 0 Å². The van der Waals surface area contributed by atoms with Crippen LogP contribution in [0.3, 0.4) is 0 Å². The number of hydrogen-bond acceptors (Lipinski definition) is 8. The fraction of sp³-hybridized carbons (Fsp3) is 0.700. The van der Waals surface area contributed by atoms with Crippen molar-refractivity contribution in [1.82, 2.24) is 16.0 Å². The largest absolute Gasteiger partial charge is 0.481 e. The summed E-state index contributed by atoms with van der Waals surface area (Å²) in [5.41, 5.74) is 11.2. The van der Waals surface area contributed by atoms with E-state index in [4.69, 9.17) is 26.8 Å². The first-order valence-corrected chi connectivity index (χ1v) is 10.8. The molecule has 0 saturated carbocycles. The Hall–Kier alpha value is -3.26. The van der Waals surface area contributed by atoms with E-state index >= 15 is 0 Å². The summed E-state index contributed by atoms with van der Waals surface area (Å²) in [5, 5.41) is 33.7. The third kappa shape index (κ3) is 12.1. The highest BCUT2D eigenvalue weighted by Gasteiger charge is 2.32. The molecule has 0 saturated heterocycles. The van der Waals surface area contributed by atoms with Gasteiger partial charge in [-0.25, -0.2) is 4.79 Å². The van der Waals surface area contributed by atoms with E-state index in [0.29, 0.717) is 25.8 Å². The van der Waals surface area contributed by atoms with Crippen molar-refractivity contribution in [3.8, 4) is 0 Å². The van der Waals surface area contributed by atoms with Gasteiger partial charge in [0.2, 0.25) is 17.7 Å². The molecule has 0 bridgehead atoms. The molecule has 0 radical (unpaired) electrons. The SMILES string of the molecule is CC(C)[C@H](NC(=O)[C@H](CCC(=O)O)NC(=O)[C@@H](N)CCCCN)C(=O)N[C@@H](CC(=O)O)C(=O)O. The van der Waals surface area contributed by atoms with E-state index < -0.39 is 78.6 Å². The Morgan fingerprint density at radius 3 is 1.82 bits per heavy atom. The van der Waals surface area contributed by atoms with Crippen LogP contribution < -0.4 is 27.4 Å². The normalized spacial score (nSPS) is 14.4. The predicted molar refractivity (Wildman–Crippen MR) is 118 cm³/mol. The van der Waals surface area contributed by atoms with Crippen LogP contribution in [0.25, 0.3) is 0 Å². The standard InChI is InChI=1S/C20H35N5O9/c1-10(2)16(19(32)24-13(20(33)34)9-15(28)29)25-18(31)12(6-7-14(26)27)23-17(30)11(22)5-3-4-8-21/h10-13,16H,3-9,21-22H2,1-2H3,(H,23,30)(H,24,32)(H,25,31)(H,26,27)(H,28,29)(H,33,34)/t11-,12-,13-,16-/m0/s1. The third-order valence-electron chi connectivity index (χ3n) is 4.83. The van der Waals surface area contributed by atoms with E-state index in [1.807, 2.05) is 0 Å². The van der Waals surface area contributed by atoms with Gasteiger partial charge in [0.1, 0.15) is 18.1 Å². The Kier molecular flexibility index (Phi) is 14.1. The van der Waals surface area contributed by atoms with Gasteiger partial charge in [-0.3, -0.25) is 24.0 Å². The van der Waals surface area contributed by atoms with Gasteiger partial charge in [-0.2, -0.15) is 0 Å². The molecule has 0 spiro atoms. The molecule has 10 N–H and O–H groups in total. The number of carboxylic acids is 3. The maximum absolute atomic E-state index is 12.8. The minimum Gasteiger partial charge on any atom is -0.481 e. The van der Waals surface area contributed by atoms with Gasteiger partial charge in [0.25, 0.3) is 0 Å². The molecule has 0 unspecified atom stereocenters. The lowest BCUT2D eigenvalue weighted by Gasteiger charge is -2.26. The van der Waals surface area contributed by atoms with E-state index in [9.17, 15) is 28.8 Å². The molecule has 14 nitrogen and oxygen atoms in total. The molecule has 34 heavy (non-hydrogen) atoms. The van der Waals surface area contributed by atoms with Crippen LogP contribution in [0.15, 0.2) is 0 Å². The minimum atomic E-state index is -1.72. The second kappa shape index (κ2) is 15.6. The molecule has 3 amide bonds. The summed E-state index contributed by atoms with van der Waals surface area (Å²) in [6.45, 7) is 3.53. The molecular weight excluding hydrogens is 454 g/mol.